The molecule has 1 aromatic heterocycles. The molecule has 0 aliphatic carbocycles. The summed E-state index contributed by atoms with van der Waals surface area (Å²) in [6.07, 6.45) is 0.897. The van der Waals surface area contributed by atoms with E-state index in [2.05, 4.69) is 44.5 Å². The molecule has 0 saturated heterocycles. The van der Waals surface area contributed by atoms with Gasteiger partial charge < -0.3 is 15.8 Å². The van der Waals surface area contributed by atoms with E-state index in [1.54, 1.807) is 7.11 Å². The van der Waals surface area contributed by atoms with E-state index in [1.165, 1.54) is 5.56 Å². The van der Waals surface area contributed by atoms with Crippen LogP contribution in [0.25, 0.3) is 0 Å². The molecule has 1 aliphatic heterocycles. The first-order valence-corrected chi connectivity index (χ1v) is 7.90. The second-order valence-corrected chi connectivity index (χ2v) is 5.72. The third-order valence-corrected chi connectivity index (χ3v) is 4.01. The molecule has 2 heterocycles. The summed E-state index contributed by atoms with van der Waals surface area (Å²) in [6, 6.07) is 10.5. The zero-order valence-electron chi connectivity index (χ0n) is 13.5. The molecule has 0 unspecified atom stereocenters. The number of benzene rings is 1. The zero-order chi connectivity index (χ0) is 16.1. The maximum absolute atomic E-state index is 6.15. The van der Waals surface area contributed by atoms with Gasteiger partial charge in [-0.25, -0.2) is 4.98 Å². The summed E-state index contributed by atoms with van der Waals surface area (Å²) in [5, 5.41) is 3.15. The fourth-order valence-electron chi connectivity index (χ4n) is 2.82. The van der Waals surface area contributed by atoms with Gasteiger partial charge in [0, 0.05) is 45.3 Å². The number of ether oxygens (including phenoxy) is 1. The largest absolute Gasteiger partial charge is 0.383 e. The highest BCUT2D eigenvalue weighted by Gasteiger charge is 2.21. The van der Waals surface area contributed by atoms with Crippen molar-refractivity contribution in [3.8, 4) is 0 Å². The number of rotatable bonds is 6. The van der Waals surface area contributed by atoms with E-state index in [4.69, 9.17) is 10.5 Å². The van der Waals surface area contributed by atoms with Gasteiger partial charge in [0.2, 0.25) is 5.95 Å². The highest BCUT2D eigenvalue weighted by Crippen LogP contribution is 2.24. The quantitative estimate of drug-likeness (QED) is 0.790. The molecule has 3 rings (SSSR count). The Morgan fingerprint density at radius 1 is 1.26 bits per heavy atom. The summed E-state index contributed by atoms with van der Waals surface area (Å²) in [6.45, 7) is 4.00. The normalized spacial score (nSPS) is 14.5. The van der Waals surface area contributed by atoms with Gasteiger partial charge in [-0.2, -0.15) is 4.98 Å². The maximum Gasteiger partial charge on any atom is 0.224 e. The van der Waals surface area contributed by atoms with Gasteiger partial charge in [0.1, 0.15) is 5.82 Å². The van der Waals surface area contributed by atoms with Gasteiger partial charge in [-0.3, -0.25) is 4.90 Å². The Labute approximate surface area is 136 Å². The van der Waals surface area contributed by atoms with Crippen LogP contribution >= 0.6 is 0 Å². The minimum atomic E-state index is 0.577. The molecule has 23 heavy (non-hydrogen) atoms. The van der Waals surface area contributed by atoms with Crippen molar-refractivity contribution < 1.29 is 4.74 Å². The SMILES string of the molecule is COCCNc1nc(N)c2c(n1)CCN(Cc1ccccc1)C2. The lowest BCUT2D eigenvalue weighted by Crippen LogP contribution is -2.32. The Bertz CT molecular complexity index is 647. The molecule has 6 nitrogen and oxygen atoms in total. The molecule has 0 amide bonds. The average molecular weight is 313 g/mol. The zero-order valence-corrected chi connectivity index (χ0v) is 13.5. The molecule has 122 valence electrons. The first-order valence-electron chi connectivity index (χ1n) is 7.90. The van der Waals surface area contributed by atoms with Crippen molar-refractivity contribution in [1.29, 1.82) is 0 Å². The molecule has 0 atom stereocenters. The first-order chi connectivity index (χ1) is 11.3. The maximum atomic E-state index is 6.15. The third-order valence-electron chi connectivity index (χ3n) is 4.01. The lowest BCUT2D eigenvalue weighted by Gasteiger charge is -2.29. The van der Waals surface area contributed by atoms with E-state index in [9.17, 15) is 0 Å². The number of nitrogens with zero attached hydrogens (tertiary/aromatic N) is 3. The molecule has 0 spiro atoms. The standard InChI is InChI=1S/C17H23N5O/c1-23-10-8-19-17-20-15-7-9-22(12-14(15)16(18)21-17)11-13-5-3-2-4-6-13/h2-6H,7-12H2,1H3,(H3,18,19,20,21). The van der Waals surface area contributed by atoms with Crippen LogP contribution in [0.15, 0.2) is 30.3 Å². The van der Waals surface area contributed by atoms with Gasteiger partial charge in [-0.05, 0) is 5.56 Å². The Hall–Kier alpha value is -2.18. The molecule has 0 bridgehead atoms. The highest BCUT2D eigenvalue weighted by atomic mass is 16.5. The molecule has 1 aliphatic rings. The minimum absolute atomic E-state index is 0.577. The molecule has 0 radical (unpaired) electrons. The molecular formula is C17H23N5O. The van der Waals surface area contributed by atoms with Crippen LogP contribution in [-0.2, 0) is 24.2 Å². The highest BCUT2D eigenvalue weighted by molar-refractivity contribution is 5.48. The second kappa shape index (κ2) is 7.39. The number of hydrogen-bond donors (Lipinski definition) is 2. The van der Waals surface area contributed by atoms with Crippen molar-refractivity contribution in [3.05, 3.63) is 47.2 Å². The number of nitrogen functional groups attached to an aromatic ring is 1. The first kappa shape index (κ1) is 15.7. The second-order valence-electron chi connectivity index (χ2n) is 5.72. The minimum Gasteiger partial charge on any atom is -0.383 e. The molecular weight excluding hydrogens is 290 g/mol. The molecule has 1 aromatic carbocycles. The molecule has 0 saturated carbocycles. The third kappa shape index (κ3) is 3.97. The van der Waals surface area contributed by atoms with Crippen molar-refractivity contribution in [2.75, 3.05) is 37.9 Å². The number of methoxy groups -OCH3 is 1. The number of fused-ring (bicyclic) bond motifs is 1. The van der Waals surface area contributed by atoms with Gasteiger partial charge in [-0.1, -0.05) is 30.3 Å². The van der Waals surface area contributed by atoms with E-state index < -0.39 is 0 Å². The molecule has 2 aromatic rings. The number of anilines is 2. The van der Waals surface area contributed by atoms with Gasteiger partial charge in [0.15, 0.2) is 0 Å². The van der Waals surface area contributed by atoms with Crippen LogP contribution < -0.4 is 11.1 Å². The predicted molar refractivity (Wildman–Crippen MR) is 91.1 cm³/mol. The Morgan fingerprint density at radius 2 is 2.09 bits per heavy atom. The summed E-state index contributed by atoms with van der Waals surface area (Å²) in [5.41, 5.74) is 9.58. The van der Waals surface area contributed by atoms with Crippen LogP contribution in [0.5, 0.6) is 0 Å². The van der Waals surface area contributed by atoms with Crippen molar-refractivity contribution in [3.63, 3.8) is 0 Å². The van der Waals surface area contributed by atoms with Crippen LogP contribution in [0, 0.1) is 0 Å². The molecule has 6 heteroatoms. The van der Waals surface area contributed by atoms with Crippen molar-refractivity contribution in [1.82, 2.24) is 14.9 Å². The lowest BCUT2D eigenvalue weighted by molar-refractivity contribution is 0.210. The summed E-state index contributed by atoms with van der Waals surface area (Å²) in [4.78, 5) is 11.4. The Kier molecular flexibility index (Phi) is 5.05. The predicted octanol–water partition coefficient (Wildman–Crippen LogP) is 1.68. The number of hydrogen-bond acceptors (Lipinski definition) is 6. The van der Waals surface area contributed by atoms with Crippen molar-refractivity contribution in [2.45, 2.75) is 19.5 Å². The van der Waals surface area contributed by atoms with E-state index in [1.807, 2.05) is 6.07 Å². The van der Waals surface area contributed by atoms with Crippen LogP contribution in [0.2, 0.25) is 0 Å². The summed E-state index contributed by atoms with van der Waals surface area (Å²) < 4.78 is 5.02. The Morgan fingerprint density at radius 3 is 2.87 bits per heavy atom. The summed E-state index contributed by atoms with van der Waals surface area (Å²) >= 11 is 0. The van der Waals surface area contributed by atoms with Crippen LogP contribution in [0.1, 0.15) is 16.8 Å². The van der Waals surface area contributed by atoms with E-state index in [0.717, 1.165) is 37.3 Å². The van der Waals surface area contributed by atoms with Gasteiger partial charge in [-0.15, -0.1) is 0 Å². The van der Waals surface area contributed by atoms with Crippen LogP contribution in [0.3, 0.4) is 0 Å². The van der Waals surface area contributed by atoms with Gasteiger partial charge in [0.25, 0.3) is 0 Å². The number of aromatic nitrogens is 2. The Balaban J connectivity index is 1.68. The molecule has 0 fully saturated rings. The van der Waals surface area contributed by atoms with Crippen molar-refractivity contribution in [2.24, 2.45) is 0 Å². The van der Waals surface area contributed by atoms with Crippen LogP contribution in [0.4, 0.5) is 11.8 Å². The summed E-state index contributed by atoms with van der Waals surface area (Å²) in [7, 11) is 1.67. The van der Waals surface area contributed by atoms with E-state index in [0.29, 0.717) is 24.9 Å². The fourth-order valence-corrected chi connectivity index (χ4v) is 2.82. The topological polar surface area (TPSA) is 76.3 Å². The van der Waals surface area contributed by atoms with Gasteiger partial charge >= 0.3 is 0 Å². The van der Waals surface area contributed by atoms with Gasteiger partial charge in [0.05, 0.1) is 12.3 Å². The smallest absolute Gasteiger partial charge is 0.224 e. The van der Waals surface area contributed by atoms with Crippen LogP contribution in [-0.4, -0.2) is 41.7 Å². The monoisotopic (exact) mass is 313 g/mol. The number of nitrogens with two attached hydrogens (primary N) is 1. The molecule has 3 N–H and O–H groups in total. The van der Waals surface area contributed by atoms with Crippen molar-refractivity contribution >= 4 is 11.8 Å². The number of nitrogens with one attached hydrogen (secondary N) is 1. The van der Waals surface area contributed by atoms with E-state index >= 15 is 0 Å². The summed E-state index contributed by atoms with van der Waals surface area (Å²) in [5.74, 6) is 1.17. The lowest BCUT2D eigenvalue weighted by atomic mass is 10.1. The van der Waals surface area contributed by atoms with E-state index in [-0.39, 0.29) is 0 Å². The average Bonchev–Trinajstić information content (AvgIpc) is 2.57. The fraction of sp³-hybridized carbons (Fsp3) is 0.412.